The van der Waals surface area contributed by atoms with Gasteiger partial charge in [0.1, 0.15) is 11.4 Å². The van der Waals surface area contributed by atoms with E-state index in [0.29, 0.717) is 11.5 Å². The minimum atomic E-state index is -3.28. The highest BCUT2D eigenvalue weighted by Crippen LogP contribution is 2.39. The van der Waals surface area contributed by atoms with Gasteiger partial charge in [-0.25, -0.2) is 13.4 Å². The fraction of sp³-hybridized carbons (Fsp3) is 0.227. The highest BCUT2D eigenvalue weighted by Gasteiger charge is 2.17. The van der Waals surface area contributed by atoms with Crippen LogP contribution in [0.15, 0.2) is 53.6 Å². The molecule has 0 amide bonds. The molecule has 0 fully saturated rings. The number of aromatic nitrogens is 2. The lowest BCUT2D eigenvalue weighted by Gasteiger charge is -2.10. The number of aryl methyl sites for hydroxylation is 1. The maximum absolute atomic E-state index is 12.4. The molecule has 0 radical (unpaired) electrons. The number of aromatic amines is 1. The lowest BCUT2D eigenvalue weighted by Crippen LogP contribution is -2.03. The molecule has 0 aliphatic carbocycles. The Hall–Kier alpha value is -2.86. The number of nitrogens with zero attached hydrogens (tertiary/aromatic N) is 1. The molecule has 0 saturated heterocycles. The lowest BCUT2D eigenvalue weighted by molar-refractivity contribution is 0.344. The minimum Gasteiger partial charge on any atom is -0.492 e. The zero-order chi connectivity index (χ0) is 19.9. The number of H-pyrrole nitrogens is 1. The molecule has 0 aliphatic rings. The van der Waals surface area contributed by atoms with E-state index in [1.807, 2.05) is 38.2 Å². The normalized spacial score (nSPS) is 12.0. The molecule has 4 rings (SSSR count). The molecule has 144 valence electrons. The molecule has 1 N–H and O–H groups in total. The topological polar surface area (TPSA) is 72.1 Å². The van der Waals surface area contributed by atoms with E-state index >= 15 is 0 Å². The van der Waals surface area contributed by atoms with Crippen LogP contribution in [0.5, 0.6) is 5.75 Å². The summed E-state index contributed by atoms with van der Waals surface area (Å²) < 4.78 is 30.5. The zero-order valence-corrected chi connectivity index (χ0v) is 16.9. The second-order valence-electron chi connectivity index (χ2n) is 6.76. The van der Waals surface area contributed by atoms with Crippen molar-refractivity contribution >= 4 is 31.8 Å². The van der Waals surface area contributed by atoms with Crippen molar-refractivity contribution < 1.29 is 13.2 Å². The van der Waals surface area contributed by atoms with Crippen LogP contribution < -0.4 is 4.74 Å². The molecule has 4 aromatic rings. The fourth-order valence-electron chi connectivity index (χ4n) is 3.51. The van der Waals surface area contributed by atoms with Crippen LogP contribution in [-0.4, -0.2) is 30.7 Å². The number of rotatable bonds is 5. The number of nitrogens with one attached hydrogen (secondary N) is 1. The van der Waals surface area contributed by atoms with Gasteiger partial charge in [0.25, 0.3) is 0 Å². The summed E-state index contributed by atoms with van der Waals surface area (Å²) in [5.41, 5.74) is 4.52. The highest BCUT2D eigenvalue weighted by molar-refractivity contribution is 7.91. The molecule has 0 aliphatic heterocycles. The number of fused-ring (bicyclic) bond motifs is 3. The fourth-order valence-corrected chi connectivity index (χ4v) is 4.43. The number of benzene rings is 2. The van der Waals surface area contributed by atoms with Crippen LogP contribution in [0.1, 0.15) is 19.4 Å². The Kier molecular flexibility index (Phi) is 4.59. The molecule has 5 nitrogen and oxygen atoms in total. The van der Waals surface area contributed by atoms with Crippen LogP contribution in [0.2, 0.25) is 0 Å². The molecular weight excluding hydrogens is 372 g/mol. The molecule has 0 unspecified atom stereocenters. The molecule has 2 aromatic carbocycles. The summed E-state index contributed by atoms with van der Waals surface area (Å²) in [4.78, 5) is 8.22. The quantitative estimate of drug-likeness (QED) is 0.523. The Bertz CT molecular complexity index is 1290. The Labute approximate surface area is 164 Å². The molecule has 0 atom stereocenters. The van der Waals surface area contributed by atoms with Gasteiger partial charge in [-0.1, -0.05) is 19.1 Å². The Morgan fingerprint density at radius 3 is 2.68 bits per heavy atom. The summed E-state index contributed by atoms with van der Waals surface area (Å²) in [6.07, 6.45) is 1.83. The van der Waals surface area contributed by atoms with E-state index in [2.05, 4.69) is 16.0 Å². The lowest BCUT2D eigenvalue weighted by atomic mass is 9.99. The monoisotopic (exact) mass is 394 g/mol. The number of ether oxygens (including phenoxy) is 1. The number of sulfone groups is 1. The third-order valence-corrected chi connectivity index (χ3v) is 6.62. The molecule has 0 saturated carbocycles. The van der Waals surface area contributed by atoms with Gasteiger partial charge in [0, 0.05) is 17.0 Å². The van der Waals surface area contributed by atoms with Gasteiger partial charge in [-0.05, 0) is 60.9 Å². The van der Waals surface area contributed by atoms with Gasteiger partial charge in [0.15, 0.2) is 9.84 Å². The van der Waals surface area contributed by atoms with Crippen LogP contribution in [0.4, 0.5) is 0 Å². The van der Waals surface area contributed by atoms with Crippen LogP contribution in [0.3, 0.4) is 0 Å². The number of hydrogen-bond donors (Lipinski definition) is 1. The van der Waals surface area contributed by atoms with Crippen LogP contribution in [0.25, 0.3) is 33.1 Å². The van der Waals surface area contributed by atoms with Crippen molar-refractivity contribution in [2.75, 3.05) is 12.4 Å². The molecule has 6 heteroatoms. The average Bonchev–Trinajstić information content (AvgIpc) is 3.08. The largest absolute Gasteiger partial charge is 0.492 e. The van der Waals surface area contributed by atoms with E-state index in [1.54, 1.807) is 25.1 Å². The number of pyridine rings is 1. The maximum atomic E-state index is 12.4. The summed E-state index contributed by atoms with van der Waals surface area (Å²) in [7, 11) is -3.28. The van der Waals surface area contributed by atoms with Gasteiger partial charge in [0.2, 0.25) is 0 Å². The summed E-state index contributed by atoms with van der Waals surface area (Å²) in [6, 6.07) is 13.1. The minimum absolute atomic E-state index is 0.0747. The van der Waals surface area contributed by atoms with Crippen molar-refractivity contribution in [2.45, 2.75) is 25.7 Å². The SMILES string of the molecule is CCOc1ccc(-c2cccc(S(=O)(=O)CC)c2)c2c1[nH]c1ncc(C)cc12. The molecule has 2 aromatic heterocycles. The molecule has 2 heterocycles. The number of hydrogen-bond acceptors (Lipinski definition) is 4. The standard InChI is InChI=1S/C22H22N2O3S/c1-4-27-19-10-9-17(15-7-6-8-16(12-15)28(25,26)5-2)20-18-11-14(3)13-23-22(18)24-21(19)20/h6-13H,4-5H2,1-3H3,(H,23,24). The van der Waals surface area contributed by atoms with Crippen molar-refractivity contribution in [3.8, 4) is 16.9 Å². The molecule has 0 bridgehead atoms. The van der Waals surface area contributed by atoms with Crippen molar-refractivity contribution in [1.29, 1.82) is 0 Å². The van der Waals surface area contributed by atoms with E-state index in [4.69, 9.17) is 4.74 Å². The van der Waals surface area contributed by atoms with Gasteiger partial charge < -0.3 is 9.72 Å². The molecule has 0 spiro atoms. The van der Waals surface area contributed by atoms with Crippen LogP contribution in [0, 0.1) is 6.92 Å². The Morgan fingerprint density at radius 2 is 1.93 bits per heavy atom. The first kappa shape index (κ1) is 18.5. The third kappa shape index (κ3) is 3.03. The Balaban J connectivity index is 2.05. The van der Waals surface area contributed by atoms with Crippen molar-refractivity contribution in [2.24, 2.45) is 0 Å². The van der Waals surface area contributed by atoms with Gasteiger partial charge in [-0.15, -0.1) is 0 Å². The van der Waals surface area contributed by atoms with E-state index in [-0.39, 0.29) is 5.75 Å². The first-order chi connectivity index (χ1) is 13.4. The average molecular weight is 394 g/mol. The van der Waals surface area contributed by atoms with Crippen LogP contribution in [-0.2, 0) is 9.84 Å². The van der Waals surface area contributed by atoms with E-state index in [9.17, 15) is 8.42 Å². The maximum Gasteiger partial charge on any atom is 0.178 e. The first-order valence-electron chi connectivity index (χ1n) is 9.31. The van der Waals surface area contributed by atoms with Gasteiger partial charge in [-0.2, -0.15) is 0 Å². The molecular formula is C22H22N2O3S. The summed E-state index contributed by atoms with van der Waals surface area (Å²) in [5, 5.41) is 1.98. The first-order valence-corrected chi connectivity index (χ1v) is 11.0. The van der Waals surface area contributed by atoms with Gasteiger partial charge in [-0.3, -0.25) is 0 Å². The van der Waals surface area contributed by atoms with E-state index < -0.39 is 9.84 Å². The van der Waals surface area contributed by atoms with Crippen molar-refractivity contribution in [1.82, 2.24) is 9.97 Å². The Morgan fingerprint density at radius 1 is 1.11 bits per heavy atom. The predicted molar refractivity (Wildman–Crippen MR) is 113 cm³/mol. The van der Waals surface area contributed by atoms with Gasteiger partial charge in [0.05, 0.1) is 22.8 Å². The van der Waals surface area contributed by atoms with Gasteiger partial charge >= 0.3 is 0 Å². The van der Waals surface area contributed by atoms with E-state index in [1.165, 1.54) is 0 Å². The van der Waals surface area contributed by atoms with Crippen molar-refractivity contribution in [3.05, 3.63) is 54.2 Å². The second kappa shape index (κ2) is 6.95. The molecule has 28 heavy (non-hydrogen) atoms. The zero-order valence-electron chi connectivity index (χ0n) is 16.1. The van der Waals surface area contributed by atoms with E-state index in [0.717, 1.165) is 44.4 Å². The van der Waals surface area contributed by atoms with Crippen LogP contribution >= 0.6 is 0 Å². The van der Waals surface area contributed by atoms with Crippen molar-refractivity contribution in [3.63, 3.8) is 0 Å². The summed E-state index contributed by atoms with van der Waals surface area (Å²) in [6.45, 7) is 6.17. The second-order valence-corrected chi connectivity index (χ2v) is 9.04. The highest BCUT2D eigenvalue weighted by atomic mass is 32.2. The smallest absolute Gasteiger partial charge is 0.178 e. The summed E-state index contributed by atoms with van der Waals surface area (Å²) >= 11 is 0. The third-order valence-electron chi connectivity index (χ3n) is 4.89. The predicted octanol–water partition coefficient (Wildman–Crippen LogP) is 4.88. The summed E-state index contributed by atoms with van der Waals surface area (Å²) in [5.74, 6) is 0.833.